The SMILES string of the molecule is CN(CC(O)C[N+](C)(F)S(=O)(=O)C(F)(F)C(F)(F)C(F)(F)C(F)(F)F)S(=O)(=O)C(F)(F)F. The highest BCUT2D eigenvalue weighted by Crippen LogP contribution is 2.55. The first-order chi connectivity index (χ1) is 13.5. The van der Waals surface area contributed by atoms with Crippen LogP contribution in [0.15, 0.2) is 0 Å². The first kappa shape index (κ1) is 30.9. The third-order valence-corrected chi connectivity index (χ3v) is 7.26. The number of sulfonamides is 2. The van der Waals surface area contributed by atoms with Crippen molar-refractivity contribution in [1.82, 2.24) is 4.31 Å². The third kappa shape index (κ3) is 4.87. The zero-order valence-electron chi connectivity index (χ0n) is 15.2. The Morgan fingerprint density at radius 1 is 0.844 bits per heavy atom. The molecule has 2 unspecified atom stereocenters. The molecule has 0 saturated heterocycles. The molecule has 0 fully saturated rings. The first-order valence-corrected chi connectivity index (χ1v) is 10.1. The number of alkyl halides is 12. The minimum atomic E-state index is -7.80. The summed E-state index contributed by atoms with van der Waals surface area (Å²) in [5, 5.41) is 1.86. The molecule has 0 aliphatic rings. The fourth-order valence-electron chi connectivity index (χ4n) is 1.87. The number of halogens is 13. The predicted molar refractivity (Wildman–Crippen MR) is 75.6 cm³/mol. The van der Waals surface area contributed by atoms with E-state index in [4.69, 9.17) is 0 Å². The van der Waals surface area contributed by atoms with Crippen molar-refractivity contribution >= 4 is 20.0 Å². The van der Waals surface area contributed by atoms with Gasteiger partial charge in [0.25, 0.3) is 0 Å². The van der Waals surface area contributed by atoms with Crippen molar-refractivity contribution in [2.24, 2.45) is 0 Å². The molecule has 0 bridgehead atoms. The number of hydrogen-bond donors (Lipinski definition) is 1. The van der Waals surface area contributed by atoms with Crippen molar-refractivity contribution in [2.45, 2.75) is 34.9 Å². The van der Waals surface area contributed by atoms with Crippen molar-refractivity contribution in [3.05, 3.63) is 0 Å². The average molecular weight is 551 g/mol. The molecule has 0 aromatic carbocycles. The van der Waals surface area contributed by atoms with Crippen LogP contribution in [0, 0.1) is 0 Å². The van der Waals surface area contributed by atoms with Gasteiger partial charge in [0.05, 0.1) is 0 Å². The molecular formula is C10H12F13N2O5S2+. The zero-order chi connectivity index (χ0) is 26.6. The summed E-state index contributed by atoms with van der Waals surface area (Å²) in [7, 11) is -14.6. The minimum absolute atomic E-state index is 0.0791. The summed E-state index contributed by atoms with van der Waals surface area (Å²) in [6.07, 6.45) is -10.4. The van der Waals surface area contributed by atoms with Crippen LogP contribution in [0.1, 0.15) is 0 Å². The summed E-state index contributed by atoms with van der Waals surface area (Å²) in [6.45, 7) is -4.39. The van der Waals surface area contributed by atoms with E-state index in [-0.39, 0.29) is 7.05 Å². The minimum Gasteiger partial charge on any atom is -0.386 e. The van der Waals surface area contributed by atoms with Crippen molar-refractivity contribution in [1.29, 1.82) is 0 Å². The maximum atomic E-state index is 14.3. The van der Waals surface area contributed by atoms with Crippen LogP contribution in [-0.4, -0.2) is 92.4 Å². The molecule has 22 heteroatoms. The maximum absolute atomic E-state index is 14.3. The van der Waals surface area contributed by atoms with Gasteiger partial charge in [0.2, 0.25) is 0 Å². The van der Waals surface area contributed by atoms with E-state index in [0.717, 1.165) is 0 Å². The lowest BCUT2D eigenvalue weighted by atomic mass is 10.1. The second kappa shape index (κ2) is 8.27. The second-order valence-electron chi connectivity index (χ2n) is 6.19. The molecule has 0 aromatic heterocycles. The Bertz CT molecular complexity index is 895. The highest BCUT2D eigenvalue weighted by Gasteiger charge is 2.88. The van der Waals surface area contributed by atoms with Gasteiger partial charge < -0.3 is 5.11 Å². The molecule has 1 N–H and O–H groups in total. The number of aliphatic hydroxyl groups is 1. The van der Waals surface area contributed by atoms with E-state index >= 15 is 0 Å². The number of nitrogens with zero attached hydrogens (tertiary/aromatic N) is 2. The van der Waals surface area contributed by atoms with E-state index in [1.165, 1.54) is 0 Å². The highest BCUT2D eigenvalue weighted by atomic mass is 32.2. The molecule has 0 heterocycles. The number of quaternary nitrogens is 1. The molecule has 0 rings (SSSR count). The summed E-state index contributed by atoms with van der Waals surface area (Å²) in [4.78, 5) is 0. The van der Waals surface area contributed by atoms with Gasteiger partial charge in [-0.15, -0.1) is 0 Å². The van der Waals surface area contributed by atoms with E-state index in [9.17, 15) is 79.1 Å². The second-order valence-corrected chi connectivity index (χ2v) is 10.5. The van der Waals surface area contributed by atoms with Gasteiger partial charge in [-0.1, -0.05) is 0 Å². The molecule has 0 amide bonds. The van der Waals surface area contributed by atoms with Gasteiger partial charge in [-0.05, 0) is 4.11 Å². The summed E-state index contributed by atoms with van der Waals surface area (Å²) in [6, 6.07) is 0. The van der Waals surface area contributed by atoms with Gasteiger partial charge in [0, 0.05) is 18.1 Å². The van der Waals surface area contributed by atoms with Gasteiger partial charge in [-0.25, -0.2) is 8.42 Å². The highest BCUT2D eigenvalue weighted by molar-refractivity contribution is 7.90. The molecule has 0 aliphatic heterocycles. The molecule has 0 radical (unpaired) electrons. The topological polar surface area (TPSA) is 91.8 Å². The van der Waals surface area contributed by atoms with Crippen molar-refractivity contribution in [2.75, 3.05) is 27.2 Å². The van der Waals surface area contributed by atoms with Crippen molar-refractivity contribution in [3.8, 4) is 0 Å². The Hall–Kier alpha value is -1.13. The van der Waals surface area contributed by atoms with Crippen LogP contribution in [0.25, 0.3) is 0 Å². The van der Waals surface area contributed by atoms with Gasteiger partial charge in [-0.2, -0.15) is 65.4 Å². The lowest BCUT2D eigenvalue weighted by Gasteiger charge is -2.35. The quantitative estimate of drug-likeness (QED) is 0.351. The zero-order valence-corrected chi connectivity index (χ0v) is 16.8. The third-order valence-electron chi connectivity index (χ3n) is 3.65. The fraction of sp³-hybridized carbons (Fsp3) is 1.00. The molecule has 0 spiro atoms. The summed E-state index contributed by atoms with van der Waals surface area (Å²) in [5.74, 6) is -15.5. The van der Waals surface area contributed by atoms with E-state index in [1.54, 1.807) is 0 Å². The standard InChI is InChI=1S/C10H12F13N2O5S2/c1-24(31(27,28)10(20,21)22)3-5(26)4-25(2,23)32(29,30)9(18,19)7(13,14)6(11,12)8(15,16)17/h5,26H,3-4H2,1-2H3/q+1. The molecule has 2 atom stereocenters. The van der Waals surface area contributed by atoms with Crippen LogP contribution in [0.5, 0.6) is 0 Å². The van der Waals surface area contributed by atoms with Crippen LogP contribution >= 0.6 is 0 Å². The smallest absolute Gasteiger partial charge is 0.386 e. The molecular weight excluding hydrogens is 539 g/mol. The lowest BCUT2D eigenvalue weighted by molar-refractivity contribution is -0.936. The van der Waals surface area contributed by atoms with E-state index in [2.05, 4.69) is 0 Å². The molecule has 0 saturated carbocycles. The van der Waals surface area contributed by atoms with E-state index in [0.29, 0.717) is 0 Å². The van der Waals surface area contributed by atoms with Gasteiger partial charge >= 0.3 is 48.8 Å². The number of rotatable bonds is 9. The van der Waals surface area contributed by atoms with Crippen molar-refractivity contribution in [3.63, 3.8) is 0 Å². The Kier molecular flexibility index (Phi) is 7.98. The van der Waals surface area contributed by atoms with Gasteiger partial charge in [0.1, 0.15) is 13.2 Å². The average Bonchev–Trinajstić information content (AvgIpc) is 2.50. The number of aliphatic hydroxyl groups excluding tert-OH is 1. The van der Waals surface area contributed by atoms with E-state index in [1.807, 2.05) is 0 Å². The Morgan fingerprint density at radius 3 is 1.53 bits per heavy atom. The monoisotopic (exact) mass is 551 g/mol. The van der Waals surface area contributed by atoms with Gasteiger partial charge in [-0.3, -0.25) is 0 Å². The largest absolute Gasteiger partial charge is 0.511 e. The van der Waals surface area contributed by atoms with Crippen LogP contribution < -0.4 is 0 Å². The van der Waals surface area contributed by atoms with Crippen LogP contribution in [0.2, 0.25) is 0 Å². The predicted octanol–water partition coefficient (Wildman–Crippen LogP) is 2.22. The number of hydrogen-bond acceptors (Lipinski definition) is 5. The Morgan fingerprint density at radius 2 is 1.22 bits per heavy atom. The van der Waals surface area contributed by atoms with E-state index < -0.39 is 83.5 Å². The maximum Gasteiger partial charge on any atom is 0.511 e. The van der Waals surface area contributed by atoms with Crippen molar-refractivity contribution < 1.29 is 83.2 Å². The molecule has 0 aromatic rings. The molecule has 0 aliphatic carbocycles. The molecule has 194 valence electrons. The Labute approximate surface area is 170 Å². The van der Waals surface area contributed by atoms with Crippen LogP contribution in [0.3, 0.4) is 0 Å². The van der Waals surface area contributed by atoms with Crippen LogP contribution in [-0.2, 0) is 20.0 Å². The summed E-state index contributed by atoms with van der Waals surface area (Å²) >= 11 is 0. The Balaban J connectivity index is 6.07. The number of likely N-dealkylation sites (N-methyl/N-ethyl adjacent to an activating group) is 2. The fourth-order valence-corrected chi connectivity index (χ4v) is 3.89. The first-order valence-electron chi connectivity index (χ1n) is 7.23. The van der Waals surface area contributed by atoms with Crippen LogP contribution in [0.4, 0.5) is 57.2 Å². The lowest BCUT2D eigenvalue weighted by Crippen LogP contribution is -2.67. The van der Waals surface area contributed by atoms with Gasteiger partial charge in [0.15, 0.2) is 6.54 Å². The molecule has 7 nitrogen and oxygen atoms in total. The normalized spacial score (nSPS) is 18.5. The summed E-state index contributed by atoms with van der Waals surface area (Å²) in [5.41, 5.74) is -6.01. The molecule has 32 heavy (non-hydrogen) atoms. The summed E-state index contributed by atoms with van der Waals surface area (Å²) < 4.78 is 207.